The highest BCUT2D eigenvalue weighted by Gasteiger charge is 2.79. The van der Waals surface area contributed by atoms with E-state index in [-0.39, 0.29) is 77.4 Å². The molecule has 82 heavy (non-hydrogen) atoms. The summed E-state index contributed by atoms with van der Waals surface area (Å²) in [5.41, 5.74) is -7.77. The number of Topliss-reactive ketones (excluding diaryl/α,β-unsaturated/α-hetero) is 1. The Morgan fingerprint density at radius 1 is 0.817 bits per heavy atom. The van der Waals surface area contributed by atoms with Crippen molar-refractivity contribution >= 4 is 65.2 Å². The van der Waals surface area contributed by atoms with Gasteiger partial charge in [0.2, 0.25) is 5.91 Å². The maximum absolute atomic E-state index is 16.3. The first-order chi connectivity index (χ1) is 39.0. The van der Waals surface area contributed by atoms with E-state index in [0.717, 1.165) is 32.4 Å². The van der Waals surface area contributed by atoms with Gasteiger partial charge < -0.3 is 59.9 Å². The SMILES string of the molecule is CC(=O)O[C@H]1C(=O)[C@@]2(C)C([C@H](OC(=O)c3ccccc3)[C@]3(O)C[C@H](OC(=O)[C@H](O)[C@@H](NC(=O)c4ccccc4)c4ccccc4)C(C)=C1C3(C)C)[C@]1(OC(C)=O)CO[C@@H]1C[C@@H]2OC(=O)CCNC(=O)CCCC[C@@H]1SCC2NC(=O)NC21. The van der Waals surface area contributed by atoms with Crippen molar-refractivity contribution in [3.05, 3.63) is 119 Å². The predicted octanol–water partition coefficient (Wildman–Crippen LogP) is 4.52. The summed E-state index contributed by atoms with van der Waals surface area (Å²) in [6.45, 7) is 7.64. The maximum Gasteiger partial charge on any atom is 0.338 e. The van der Waals surface area contributed by atoms with Crippen LogP contribution in [-0.4, -0.2) is 148 Å². The lowest BCUT2D eigenvalue weighted by atomic mass is 9.44. The molecule has 21 nitrogen and oxygen atoms in total. The van der Waals surface area contributed by atoms with E-state index in [1.165, 1.54) is 26.0 Å². The number of unbranched alkanes of at least 4 members (excludes halogenated alkanes) is 1. The molecular formula is C60H70N4O17S. The molecule has 3 unspecified atom stereocenters. The molecule has 0 spiro atoms. The highest BCUT2D eigenvalue weighted by Crippen LogP contribution is 2.65. The fraction of sp³-hybridized carbons (Fsp3) is 0.517. The first-order valence-electron chi connectivity index (χ1n) is 27.7. The van der Waals surface area contributed by atoms with Gasteiger partial charge in [-0.3, -0.25) is 28.8 Å². The number of urea groups is 1. The van der Waals surface area contributed by atoms with Crippen LogP contribution in [0.25, 0.3) is 0 Å². The zero-order valence-electron chi connectivity index (χ0n) is 46.5. The third kappa shape index (κ3) is 11.4. The summed E-state index contributed by atoms with van der Waals surface area (Å²) in [7, 11) is 0. The number of carbonyl (C=O) groups is 9. The van der Waals surface area contributed by atoms with E-state index in [1.54, 1.807) is 104 Å². The minimum atomic E-state index is -2.51. The van der Waals surface area contributed by atoms with Crippen LogP contribution < -0.4 is 21.3 Å². The number of amides is 4. The van der Waals surface area contributed by atoms with E-state index in [4.69, 9.17) is 28.4 Å². The van der Waals surface area contributed by atoms with Gasteiger partial charge in [0.25, 0.3) is 5.91 Å². The zero-order valence-corrected chi connectivity index (χ0v) is 47.3. The monoisotopic (exact) mass is 1150 g/mol. The van der Waals surface area contributed by atoms with Gasteiger partial charge in [-0.2, -0.15) is 11.8 Å². The van der Waals surface area contributed by atoms with Gasteiger partial charge in [-0.1, -0.05) is 87.0 Å². The minimum absolute atomic E-state index is 0.0153. The third-order valence-electron chi connectivity index (χ3n) is 17.5. The number of thioether (sulfide) groups is 1. The van der Waals surface area contributed by atoms with Crippen molar-refractivity contribution in [2.75, 3.05) is 18.9 Å². The van der Waals surface area contributed by atoms with Gasteiger partial charge in [0.05, 0.1) is 48.0 Å². The van der Waals surface area contributed by atoms with Crippen molar-refractivity contribution in [1.82, 2.24) is 21.3 Å². The molecule has 9 rings (SSSR count). The van der Waals surface area contributed by atoms with E-state index >= 15 is 4.79 Å². The number of hydrogen-bond acceptors (Lipinski definition) is 18. The molecule has 2 bridgehead atoms. The molecule has 5 fully saturated rings. The van der Waals surface area contributed by atoms with Gasteiger partial charge in [0.15, 0.2) is 23.6 Å². The Morgan fingerprint density at radius 3 is 2.11 bits per heavy atom. The van der Waals surface area contributed by atoms with Crippen molar-refractivity contribution in [3.63, 3.8) is 0 Å². The molecule has 22 heteroatoms. The van der Waals surface area contributed by atoms with Crippen LogP contribution in [0.15, 0.2) is 102 Å². The number of fused-ring (bicyclic) bond motifs is 6. The molecule has 3 aliphatic carbocycles. The zero-order chi connectivity index (χ0) is 58.9. The lowest BCUT2D eigenvalue weighted by molar-refractivity contribution is -0.346. The summed E-state index contributed by atoms with van der Waals surface area (Å²) < 4.78 is 37.5. The summed E-state index contributed by atoms with van der Waals surface area (Å²) in [5, 5.41) is 37.7. The van der Waals surface area contributed by atoms with Crippen LogP contribution >= 0.6 is 11.8 Å². The smallest absolute Gasteiger partial charge is 0.338 e. The number of nitrogens with one attached hydrogen (secondary N) is 4. The van der Waals surface area contributed by atoms with Crippen LogP contribution in [0.3, 0.4) is 0 Å². The van der Waals surface area contributed by atoms with Gasteiger partial charge in [-0.05, 0) is 67.7 Å². The van der Waals surface area contributed by atoms with Crippen LogP contribution in [0, 0.1) is 16.7 Å². The van der Waals surface area contributed by atoms with Crippen molar-refractivity contribution in [3.8, 4) is 0 Å². The Hall–Kier alpha value is -7.14. The Labute approximate surface area is 478 Å². The van der Waals surface area contributed by atoms with Crippen LogP contribution in [0.2, 0.25) is 0 Å². The van der Waals surface area contributed by atoms with E-state index in [0.29, 0.717) is 12.0 Å². The second kappa shape index (κ2) is 24.0. The van der Waals surface area contributed by atoms with Gasteiger partial charge in [-0.15, -0.1) is 0 Å². The fourth-order valence-corrected chi connectivity index (χ4v) is 14.8. The summed E-state index contributed by atoms with van der Waals surface area (Å²) in [5.74, 6) is -7.65. The molecule has 3 aromatic rings. The van der Waals surface area contributed by atoms with E-state index in [2.05, 4.69) is 21.3 Å². The summed E-state index contributed by atoms with van der Waals surface area (Å²) in [4.78, 5) is 125. The van der Waals surface area contributed by atoms with Gasteiger partial charge in [0.1, 0.15) is 30.0 Å². The minimum Gasteiger partial charge on any atom is -0.461 e. The van der Waals surface area contributed by atoms with Crippen molar-refractivity contribution in [1.29, 1.82) is 0 Å². The van der Waals surface area contributed by atoms with Gasteiger partial charge in [-0.25, -0.2) is 14.4 Å². The number of hydrogen-bond donors (Lipinski definition) is 6. The molecule has 6 aliphatic rings. The molecular weight excluding hydrogens is 1080 g/mol. The lowest BCUT2D eigenvalue weighted by Crippen LogP contribution is -2.82. The number of benzene rings is 3. The number of ether oxygens (including phenoxy) is 6. The molecule has 3 heterocycles. The van der Waals surface area contributed by atoms with Crippen LogP contribution in [-0.2, 0) is 57.2 Å². The molecule has 3 aliphatic heterocycles. The Bertz CT molecular complexity index is 3000. The van der Waals surface area contributed by atoms with Gasteiger partial charge >= 0.3 is 35.9 Å². The standard InChI is InChI=1S/C60H70N4O17S/c1-32-39(78-55(73)48(69)46(35-18-10-7-11-19-35)63-53(71)36-20-12-8-13-21-36)29-60(75)52(80-54(72)37-22-14-9-15-23-37)50-58(6,51(70)49(77-33(2)65)45(32)57(60,4)5)41(28-42-59(50,31-76-42)81-34(3)66)79-44(68)26-27-61-43(67)25-17-16-24-40-47-38(30-82-40)62-56(74)64-47/h7-15,18-23,38-42,46-50,52,69,75H,16-17,24-31H2,1-6H3,(H,61,67)(H,63,71)(H2,62,64,74)/t38?,39-,40-,41-,42+,46-,47?,48+,49+,50?,52-,58+,59-,60+/m0/s1. The topological polar surface area (TPSA) is 298 Å². The molecule has 6 N–H and O–H groups in total. The Balaban J connectivity index is 1.06. The maximum atomic E-state index is 16.3. The molecule has 3 saturated heterocycles. The number of rotatable bonds is 19. The summed E-state index contributed by atoms with van der Waals surface area (Å²) >= 11 is 1.78. The normalized spacial score (nSPS) is 31.0. The van der Waals surface area contributed by atoms with Crippen LogP contribution in [0.1, 0.15) is 119 Å². The highest BCUT2D eigenvalue weighted by atomic mass is 32.2. The van der Waals surface area contributed by atoms with Crippen LogP contribution in [0.4, 0.5) is 4.79 Å². The number of aliphatic hydroxyl groups is 2. The second-order valence-electron chi connectivity index (χ2n) is 22.8. The van der Waals surface area contributed by atoms with E-state index in [9.17, 15) is 48.6 Å². The third-order valence-corrected chi connectivity index (χ3v) is 19.0. The Morgan fingerprint density at radius 2 is 1.48 bits per heavy atom. The fourth-order valence-electron chi connectivity index (χ4n) is 13.2. The molecule has 2 saturated carbocycles. The molecule has 438 valence electrons. The average molecular weight is 1150 g/mol. The van der Waals surface area contributed by atoms with E-state index in [1.807, 2.05) is 0 Å². The van der Waals surface area contributed by atoms with Crippen LogP contribution in [0.5, 0.6) is 0 Å². The van der Waals surface area contributed by atoms with Crippen molar-refractivity contribution in [2.24, 2.45) is 16.7 Å². The lowest BCUT2D eigenvalue weighted by Gasteiger charge is -2.67. The summed E-state index contributed by atoms with van der Waals surface area (Å²) in [6, 6.07) is 22.6. The number of carbonyl (C=O) groups excluding carboxylic acids is 9. The number of aliphatic hydroxyl groups excluding tert-OH is 1. The van der Waals surface area contributed by atoms with Crippen molar-refractivity contribution < 1.29 is 81.8 Å². The first kappa shape index (κ1) is 59.5. The summed E-state index contributed by atoms with van der Waals surface area (Å²) in [6.07, 6.45) is -9.24. The Kier molecular flexibility index (Phi) is 17.4. The molecule has 0 aromatic heterocycles. The number of ketones is 1. The molecule has 14 atom stereocenters. The molecule has 3 aromatic carbocycles. The molecule has 4 amide bonds. The first-order valence-corrected chi connectivity index (χ1v) is 28.7. The second-order valence-corrected chi connectivity index (χ2v) is 24.1. The molecule has 0 radical (unpaired) electrons. The quantitative estimate of drug-likeness (QED) is 0.0316. The largest absolute Gasteiger partial charge is 0.461 e. The van der Waals surface area contributed by atoms with Crippen molar-refractivity contribution in [2.45, 2.75) is 158 Å². The highest BCUT2D eigenvalue weighted by molar-refractivity contribution is 8.00. The number of esters is 5. The average Bonchev–Trinajstić information content (AvgIpc) is 0.805. The van der Waals surface area contributed by atoms with E-state index < -0.39 is 125 Å². The predicted molar refractivity (Wildman–Crippen MR) is 293 cm³/mol. The van der Waals surface area contributed by atoms with Gasteiger partial charge in [0, 0.05) is 61.6 Å².